The van der Waals surface area contributed by atoms with Crippen molar-refractivity contribution < 1.29 is 4.79 Å². The number of amides is 1. The maximum atomic E-state index is 11.6. The highest BCUT2D eigenvalue weighted by Crippen LogP contribution is 2.03. The number of aromatic amines is 1. The summed E-state index contributed by atoms with van der Waals surface area (Å²) < 4.78 is 1.67. The summed E-state index contributed by atoms with van der Waals surface area (Å²) >= 11 is 0. The fourth-order valence-electron chi connectivity index (χ4n) is 1.39. The van der Waals surface area contributed by atoms with Crippen molar-refractivity contribution >= 4 is 12.0 Å². The van der Waals surface area contributed by atoms with Crippen LogP contribution in [0.4, 0.5) is 0 Å². The third-order valence-electron chi connectivity index (χ3n) is 2.37. The molecule has 2 rings (SSSR count). The van der Waals surface area contributed by atoms with Gasteiger partial charge in [-0.3, -0.25) is 9.48 Å². The number of nitrogens with zero attached hydrogens (tertiary/aromatic N) is 5. The van der Waals surface area contributed by atoms with Crippen molar-refractivity contribution in [3.05, 3.63) is 29.9 Å². The van der Waals surface area contributed by atoms with E-state index < -0.39 is 0 Å². The number of hydrogen-bond acceptors (Lipinski definition) is 5. The predicted octanol–water partition coefficient (Wildman–Crippen LogP) is -0.176. The largest absolute Gasteiger partial charge is 0.343 e. The number of aromatic nitrogens is 6. The SMILES string of the molecule is CC(NC(=O)C=Cc1ccnn1C)c1nn[nH]n1. The minimum atomic E-state index is -0.299. The van der Waals surface area contributed by atoms with E-state index in [9.17, 15) is 4.79 Å². The molecule has 0 spiro atoms. The van der Waals surface area contributed by atoms with Crippen molar-refractivity contribution in [2.45, 2.75) is 13.0 Å². The van der Waals surface area contributed by atoms with E-state index in [0.717, 1.165) is 5.69 Å². The van der Waals surface area contributed by atoms with Gasteiger partial charge in [0.1, 0.15) is 0 Å². The second kappa shape index (κ2) is 5.21. The number of rotatable bonds is 4. The Morgan fingerprint density at radius 2 is 2.44 bits per heavy atom. The zero-order valence-corrected chi connectivity index (χ0v) is 10.0. The minimum Gasteiger partial charge on any atom is -0.343 e. The summed E-state index contributed by atoms with van der Waals surface area (Å²) in [7, 11) is 1.81. The molecule has 0 fully saturated rings. The van der Waals surface area contributed by atoms with Crippen LogP contribution in [0.15, 0.2) is 18.3 Å². The molecule has 1 amide bonds. The number of hydrogen-bond donors (Lipinski definition) is 2. The molecule has 2 N–H and O–H groups in total. The maximum absolute atomic E-state index is 11.6. The molecular formula is C10H13N7O. The monoisotopic (exact) mass is 247 g/mol. The molecule has 0 aliphatic heterocycles. The molecule has 0 aliphatic carbocycles. The highest BCUT2D eigenvalue weighted by atomic mass is 16.1. The molecule has 2 heterocycles. The van der Waals surface area contributed by atoms with Crippen LogP contribution in [-0.4, -0.2) is 36.3 Å². The molecule has 8 nitrogen and oxygen atoms in total. The zero-order valence-electron chi connectivity index (χ0n) is 10.0. The normalized spacial score (nSPS) is 12.8. The third-order valence-corrected chi connectivity index (χ3v) is 2.37. The van der Waals surface area contributed by atoms with Gasteiger partial charge in [0.05, 0.1) is 11.7 Å². The fraction of sp³-hybridized carbons (Fsp3) is 0.300. The molecule has 0 saturated heterocycles. The number of nitrogens with one attached hydrogen (secondary N) is 2. The first kappa shape index (κ1) is 12.0. The summed E-state index contributed by atoms with van der Waals surface area (Å²) in [5.41, 5.74) is 0.845. The average molecular weight is 247 g/mol. The second-order valence-electron chi connectivity index (χ2n) is 3.71. The Hall–Kier alpha value is -2.51. The van der Waals surface area contributed by atoms with Gasteiger partial charge in [-0.2, -0.15) is 10.3 Å². The van der Waals surface area contributed by atoms with E-state index in [1.165, 1.54) is 6.08 Å². The number of carbonyl (C=O) groups excluding carboxylic acids is 1. The standard InChI is InChI=1S/C10H13N7O/c1-7(10-13-15-16-14-10)12-9(18)4-3-8-5-6-11-17(8)2/h3-7H,1-2H3,(H,12,18)(H,13,14,15,16). The Labute approximate surface area is 103 Å². The zero-order chi connectivity index (χ0) is 13.0. The summed E-state index contributed by atoms with van der Waals surface area (Å²) in [5.74, 6) is 0.214. The fourth-order valence-corrected chi connectivity index (χ4v) is 1.39. The molecule has 2 aromatic rings. The lowest BCUT2D eigenvalue weighted by atomic mass is 10.3. The van der Waals surface area contributed by atoms with E-state index >= 15 is 0 Å². The van der Waals surface area contributed by atoms with Gasteiger partial charge in [-0.1, -0.05) is 5.21 Å². The van der Waals surface area contributed by atoms with Gasteiger partial charge < -0.3 is 5.32 Å². The van der Waals surface area contributed by atoms with E-state index in [1.807, 2.05) is 6.07 Å². The van der Waals surface area contributed by atoms with Crippen LogP contribution in [0.1, 0.15) is 24.5 Å². The molecule has 0 aromatic carbocycles. The molecule has 1 atom stereocenters. The quantitative estimate of drug-likeness (QED) is 0.730. The van der Waals surface area contributed by atoms with Gasteiger partial charge in [-0.05, 0) is 19.1 Å². The van der Waals surface area contributed by atoms with Crippen molar-refractivity contribution in [2.24, 2.45) is 7.05 Å². The lowest BCUT2D eigenvalue weighted by molar-refractivity contribution is -0.117. The topological polar surface area (TPSA) is 101 Å². The third kappa shape index (κ3) is 2.78. The molecule has 18 heavy (non-hydrogen) atoms. The number of aryl methyl sites for hydroxylation is 1. The van der Waals surface area contributed by atoms with E-state index in [1.54, 1.807) is 30.9 Å². The molecule has 0 radical (unpaired) electrons. The Kier molecular flexibility index (Phi) is 3.46. The van der Waals surface area contributed by atoms with Gasteiger partial charge in [-0.25, -0.2) is 0 Å². The second-order valence-corrected chi connectivity index (χ2v) is 3.71. The van der Waals surface area contributed by atoms with Crippen LogP contribution < -0.4 is 5.32 Å². The van der Waals surface area contributed by atoms with Crippen molar-refractivity contribution in [3.63, 3.8) is 0 Å². The predicted molar refractivity (Wildman–Crippen MR) is 63.0 cm³/mol. The summed E-state index contributed by atoms with van der Waals surface area (Å²) in [6.07, 6.45) is 4.79. The van der Waals surface area contributed by atoms with E-state index in [-0.39, 0.29) is 11.9 Å². The first-order chi connectivity index (χ1) is 8.66. The number of carbonyl (C=O) groups is 1. The number of H-pyrrole nitrogens is 1. The lowest BCUT2D eigenvalue weighted by Gasteiger charge is -2.06. The average Bonchev–Trinajstić information content (AvgIpc) is 2.97. The number of tetrazole rings is 1. The van der Waals surface area contributed by atoms with Gasteiger partial charge in [0.25, 0.3) is 0 Å². The molecular weight excluding hydrogens is 234 g/mol. The van der Waals surface area contributed by atoms with Crippen LogP contribution in [0.5, 0.6) is 0 Å². The molecule has 8 heteroatoms. The highest BCUT2D eigenvalue weighted by molar-refractivity contribution is 5.91. The molecule has 0 bridgehead atoms. The summed E-state index contributed by atoms with van der Waals surface area (Å²) in [5, 5.41) is 20.1. The summed E-state index contributed by atoms with van der Waals surface area (Å²) in [4.78, 5) is 11.6. The van der Waals surface area contributed by atoms with Crippen molar-refractivity contribution in [1.29, 1.82) is 0 Å². The van der Waals surface area contributed by atoms with Crippen LogP contribution in [0.3, 0.4) is 0 Å². The van der Waals surface area contributed by atoms with Crippen LogP contribution in [-0.2, 0) is 11.8 Å². The maximum Gasteiger partial charge on any atom is 0.244 e. The molecule has 2 aromatic heterocycles. The van der Waals surface area contributed by atoms with Crippen LogP contribution in [0, 0.1) is 0 Å². The molecule has 1 unspecified atom stereocenters. The summed E-state index contributed by atoms with van der Waals surface area (Å²) in [6, 6.07) is 1.51. The van der Waals surface area contributed by atoms with Gasteiger partial charge in [-0.15, -0.1) is 10.2 Å². The molecule has 0 aliphatic rings. The van der Waals surface area contributed by atoms with Crippen LogP contribution in [0.25, 0.3) is 6.08 Å². The van der Waals surface area contributed by atoms with Crippen molar-refractivity contribution in [3.8, 4) is 0 Å². The highest BCUT2D eigenvalue weighted by Gasteiger charge is 2.11. The van der Waals surface area contributed by atoms with Gasteiger partial charge in [0.2, 0.25) is 5.91 Å². The molecule has 0 saturated carbocycles. The van der Waals surface area contributed by atoms with Crippen LogP contribution >= 0.6 is 0 Å². The van der Waals surface area contributed by atoms with Crippen molar-refractivity contribution in [1.82, 2.24) is 35.7 Å². The lowest BCUT2D eigenvalue weighted by Crippen LogP contribution is -2.25. The van der Waals surface area contributed by atoms with Crippen LogP contribution in [0.2, 0.25) is 0 Å². The minimum absolute atomic E-state index is 0.228. The van der Waals surface area contributed by atoms with E-state index in [2.05, 4.69) is 31.0 Å². The van der Waals surface area contributed by atoms with Gasteiger partial charge in [0, 0.05) is 19.3 Å². The Morgan fingerprint density at radius 1 is 1.61 bits per heavy atom. The Balaban J connectivity index is 1.93. The Morgan fingerprint density at radius 3 is 3.06 bits per heavy atom. The van der Waals surface area contributed by atoms with E-state index in [4.69, 9.17) is 0 Å². The first-order valence-corrected chi connectivity index (χ1v) is 5.36. The van der Waals surface area contributed by atoms with E-state index in [0.29, 0.717) is 5.82 Å². The first-order valence-electron chi connectivity index (χ1n) is 5.36. The Bertz CT molecular complexity index is 542. The summed E-state index contributed by atoms with van der Waals surface area (Å²) in [6.45, 7) is 1.78. The molecule has 94 valence electrons. The van der Waals surface area contributed by atoms with Gasteiger partial charge in [0.15, 0.2) is 5.82 Å². The smallest absolute Gasteiger partial charge is 0.244 e. The van der Waals surface area contributed by atoms with Gasteiger partial charge >= 0.3 is 0 Å². The van der Waals surface area contributed by atoms with Crippen molar-refractivity contribution in [2.75, 3.05) is 0 Å².